The molecule has 1 N–H and O–H groups in total. The van der Waals surface area contributed by atoms with E-state index in [-0.39, 0.29) is 0 Å². The Labute approximate surface area is 138 Å². The van der Waals surface area contributed by atoms with Crippen LogP contribution in [0.2, 0.25) is 0 Å². The normalized spacial score (nSPS) is 15.9. The van der Waals surface area contributed by atoms with Gasteiger partial charge in [0.1, 0.15) is 13.2 Å². The van der Waals surface area contributed by atoms with E-state index in [9.17, 15) is 0 Å². The van der Waals surface area contributed by atoms with Gasteiger partial charge in [0, 0.05) is 12.6 Å². The van der Waals surface area contributed by atoms with Gasteiger partial charge in [-0.2, -0.15) is 0 Å². The van der Waals surface area contributed by atoms with E-state index in [1.807, 2.05) is 6.07 Å². The first-order valence-corrected chi connectivity index (χ1v) is 8.44. The molecule has 2 aromatic carbocycles. The average Bonchev–Trinajstić information content (AvgIpc) is 2.61. The summed E-state index contributed by atoms with van der Waals surface area (Å²) in [5.74, 6) is 2.19. The van der Waals surface area contributed by atoms with Gasteiger partial charge in [0.15, 0.2) is 11.5 Å². The largest absolute Gasteiger partial charge is 0.486 e. The molecule has 3 rings (SSSR count). The highest BCUT2D eigenvalue weighted by atomic mass is 16.6. The van der Waals surface area contributed by atoms with Gasteiger partial charge in [-0.1, -0.05) is 43.3 Å². The van der Waals surface area contributed by atoms with Crippen LogP contribution in [0.4, 0.5) is 0 Å². The zero-order valence-corrected chi connectivity index (χ0v) is 13.9. The Kier molecular flexibility index (Phi) is 5.19. The predicted molar refractivity (Wildman–Crippen MR) is 93.2 cm³/mol. The van der Waals surface area contributed by atoms with Gasteiger partial charge in [-0.15, -0.1) is 0 Å². The lowest BCUT2D eigenvalue weighted by molar-refractivity contribution is 0.171. The number of benzene rings is 2. The quantitative estimate of drug-likeness (QED) is 0.870. The number of hydrogen-bond donors (Lipinski definition) is 1. The van der Waals surface area contributed by atoms with Crippen LogP contribution in [0.1, 0.15) is 37.3 Å². The molecule has 23 heavy (non-hydrogen) atoms. The molecule has 0 aliphatic carbocycles. The first kappa shape index (κ1) is 15.9. The minimum absolute atomic E-state index is 0.391. The molecule has 0 bridgehead atoms. The van der Waals surface area contributed by atoms with Crippen molar-refractivity contribution in [2.24, 2.45) is 0 Å². The Hall–Kier alpha value is -2.00. The maximum absolute atomic E-state index is 5.72. The molecule has 0 saturated heterocycles. The minimum Gasteiger partial charge on any atom is -0.486 e. The van der Waals surface area contributed by atoms with Gasteiger partial charge in [-0.05, 0) is 42.5 Å². The molecule has 0 amide bonds. The van der Waals surface area contributed by atoms with E-state index in [0.717, 1.165) is 24.5 Å². The standard InChI is InChI=1S/C20H25NO2/c1-3-18(15(2)21-14-16-7-5-4-6-8-16)17-9-10-19-20(13-17)23-12-11-22-19/h4-10,13,15,18,21H,3,11-12,14H2,1-2H3/t15-,18-/m1/s1. The van der Waals surface area contributed by atoms with Gasteiger partial charge in [0.05, 0.1) is 0 Å². The summed E-state index contributed by atoms with van der Waals surface area (Å²) in [5.41, 5.74) is 2.63. The monoisotopic (exact) mass is 311 g/mol. The van der Waals surface area contributed by atoms with Crippen molar-refractivity contribution >= 4 is 0 Å². The zero-order chi connectivity index (χ0) is 16.1. The molecule has 1 aliphatic heterocycles. The highest BCUT2D eigenvalue weighted by molar-refractivity contribution is 5.45. The Balaban J connectivity index is 1.68. The summed E-state index contributed by atoms with van der Waals surface area (Å²) in [6.07, 6.45) is 1.09. The van der Waals surface area contributed by atoms with Gasteiger partial charge in [0.2, 0.25) is 0 Å². The summed E-state index contributed by atoms with van der Waals surface area (Å²) in [6.45, 7) is 6.66. The fourth-order valence-corrected chi connectivity index (χ4v) is 3.19. The molecular weight excluding hydrogens is 286 g/mol. The fraction of sp³-hybridized carbons (Fsp3) is 0.400. The predicted octanol–water partition coefficient (Wildman–Crippen LogP) is 4.13. The van der Waals surface area contributed by atoms with Crippen LogP contribution in [0.15, 0.2) is 48.5 Å². The van der Waals surface area contributed by atoms with E-state index in [2.05, 4.69) is 61.6 Å². The third kappa shape index (κ3) is 3.85. The smallest absolute Gasteiger partial charge is 0.161 e. The van der Waals surface area contributed by atoms with Crippen molar-refractivity contribution in [1.82, 2.24) is 5.32 Å². The van der Waals surface area contributed by atoms with Crippen LogP contribution in [0, 0.1) is 0 Å². The second kappa shape index (κ2) is 7.51. The summed E-state index contributed by atoms with van der Waals surface area (Å²) in [4.78, 5) is 0. The molecule has 0 aromatic heterocycles. The average molecular weight is 311 g/mol. The molecule has 122 valence electrons. The molecule has 3 heteroatoms. The van der Waals surface area contributed by atoms with E-state index in [1.54, 1.807) is 0 Å². The topological polar surface area (TPSA) is 30.5 Å². The molecule has 3 nitrogen and oxygen atoms in total. The van der Waals surface area contributed by atoms with E-state index < -0.39 is 0 Å². The third-order valence-corrected chi connectivity index (χ3v) is 4.51. The van der Waals surface area contributed by atoms with Gasteiger partial charge < -0.3 is 14.8 Å². The van der Waals surface area contributed by atoms with Crippen molar-refractivity contribution in [3.63, 3.8) is 0 Å². The molecule has 2 atom stereocenters. The van der Waals surface area contributed by atoms with Crippen molar-refractivity contribution in [2.45, 2.75) is 38.8 Å². The van der Waals surface area contributed by atoms with Crippen molar-refractivity contribution in [3.8, 4) is 11.5 Å². The highest BCUT2D eigenvalue weighted by Gasteiger charge is 2.20. The molecule has 0 radical (unpaired) electrons. The lowest BCUT2D eigenvalue weighted by Gasteiger charge is -2.26. The molecule has 2 aromatic rings. The van der Waals surface area contributed by atoms with E-state index in [0.29, 0.717) is 25.2 Å². The first-order chi connectivity index (χ1) is 11.3. The van der Waals surface area contributed by atoms with Crippen molar-refractivity contribution in [3.05, 3.63) is 59.7 Å². The van der Waals surface area contributed by atoms with Crippen LogP contribution in [0.25, 0.3) is 0 Å². The molecular formula is C20H25NO2. The maximum Gasteiger partial charge on any atom is 0.161 e. The van der Waals surface area contributed by atoms with Gasteiger partial charge in [-0.3, -0.25) is 0 Å². The second-order valence-electron chi connectivity index (χ2n) is 6.07. The minimum atomic E-state index is 0.391. The third-order valence-electron chi connectivity index (χ3n) is 4.51. The Morgan fingerprint density at radius 3 is 2.48 bits per heavy atom. The molecule has 1 aliphatic rings. The Morgan fingerprint density at radius 2 is 1.74 bits per heavy atom. The lowest BCUT2D eigenvalue weighted by atomic mass is 9.89. The molecule has 0 saturated carbocycles. The van der Waals surface area contributed by atoms with Crippen LogP contribution in [-0.4, -0.2) is 19.3 Å². The highest BCUT2D eigenvalue weighted by Crippen LogP contribution is 2.35. The number of rotatable bonds is 6. The van der Waals surface area contributed by atoms with Crippen LogP contribution in [0.5, 0.6) is 11.5 Å². The van der Waals surface area contributed by atoms with Crippen LogP contribution in [0.3, 0.4) is 0 Å². The van der Waals surface area contributed by atoms with Gasteiger partial charge in [-0.25, -0.2) is 0 Å². The zero-order valence-electron chi connectivity index (χ0n) is 13.9. The first-order valence-electron chi connectivity index (χ1n) is 8.44. The second-order valence-corrected chi connectivity index (χ2v) is 6.07. The van der Waals surface area contributed by atoms with Crippen LogP contribution in [-0.2, 0) is 6.54 Å². The lowest BCUT2D eigenvalue weighted by Crippen LogP contribution is -2.31. The number of hydrogen-bond acceptors (Lipinski definition) is 3. The number of nitrogens with one attached hydrogen (secondary N) is 1. The van der Waals surface area contributed by atoms with E-state index >= 15 is 0 Å². The van der Waals surface area contributed by atoms with Crippen LogP contribution < -0.4 is 14.8 Å². The number of fused-ring (bicyclic) bond motifs is 1. The van der Waals surface area contributed by atoms with Crippen molar-refractivity contribution < 1.29 is 9.47 Å². The fourth-order valence-electron chi connectivity index (χ4n) is 3.19. The summed E-state index contributed by atoms with van der Waals surface area (Å²) >= 11 is 0. The maximum atomic E-state index is 5.72. The van der Waals surface area contributed by atoms with E-state index in [1.165, 1.54) is 11.1 Å². The van der Waals surface area contributed by atoms with Crippen molar-refractivity contribution in [2.75, 3.05) is 13.2 Å². The summed E-state index contributed by atoms with van der Waals surface area (Å²) < 4.78 is 11.3. The SMILES string of the molecule is CC[C@@H](c1ccc2c(c1)OCCO2)[C@@H](C)NCc1ccccc1. The summed E-state index contributed by atoms with van der Waals surface area (Å²) in [6, 6.07) is 17.3. The van der Waals surface area contributed by atoms with Gasteiger partial charge in [0.25, 0.3) is 0 Å². The number of ether oxygens (including phenoxy) is 2. The van der Waals surface area contributed by atoms with Gasteiger partial charge >= 0.3 is 0 Å². The summed E-state index contributed by atoms with van der Waals surface area (Å²) in [5, 5.41) is 3.66. The van der Waals surface area contributed by atoms with E-state index in [4.69, 9.17) is 9.47 Å². The van der Waals surface area contributed by atoms with Crippen LogP contribution >= 0.6 is 0 Å². The molecule has 1 heterocycles. The molecule has 0 unspecified atom stereocenters. The summed E-state index contributed by atoms with van der Waals surface area (Å²) in [7, 11) is 0. The Bertz CT molecular complexity index is 627. The Morgan fingerprint density at radius 1 is 1.00 bits per heavy atom. The van der Waals surface area contributed by atoms with Crippen molar-refractivity contribution in [1.29, 1.82) is 0 Å². The molecule has 0 spiro atoms. The molecule has 0 fully saturated rings.